The van der Waals surface area contributed by atoms with Gasteiger partial charge in [0.15, 0.2) is 0 Å². The summed E-state index contributed by atoms with van der Waals surface area (Å²) in [4.78, 5) is 10.3. The van der Waals surface area contributed by atoms with Crippen LogP contribution in [-0.4, -0.2) is 28.6 Å². The maximum absolute atomic E-state index is 5.66. The highest BCUT2D eigenvalue weighted by Crippen LogP contribution is 2.15. The third-order valence-corrected chi connectivity index (χ3v) is 2.20. The lowest BCUT2D eigenvalue weighted by Crippen LogP contribution is -2.43. The molecule has 1 aromatic heterocycles. The van der Waals surface area contributed by atoms with Gasteiger partial charge >= 0.3 is 0 Å². The molecule has 0 aromatic carbocycles. The van der Waals surface area contributed by atoms with Gasteiger partial charge in [0.1, 0.15) is 12.1 Å². The van der Waals surface area contributed by atoms with Crippen molar-refractivity contribution in [3.8, 4) is 0 Å². The van der Waals surface area contributed by atoms with Gasteiger partial charge in [-0.15, -0.1) is 0 Å². The maximum atomic E-state index is 5.66. The van der Waals surface area contributed by atoms with Crippen molar-refractivity contribution in [2.75, 3.05) is 11.4 Å². The van der Waals surface area contributed by atoms with Crippen LogP contribution in [0.5, 0.6) is 0 Å². The summed E-state index contributed by atoms with van der Waals surface area (Å²) in [5.74, 6) is 0.938. The Morgan fingerprint density at radius 1 is 1.43 bits per heavy atom. The number of rotatable bonds is 4. The second-order valence-corrected chi connectivity index (χ2v) is 3.65. The first-order valence-electron chi connectivity index (χ1n) is 4.91. The van der Waals surface area contributed by atoms with E-state index < -0.39 is 0 Å². The molecule has 0 fully saturated rings. The fraction of sp³-hybridized carbons (Fsp3) is 0.600. The summed E-state index contributed by atoms with van der Waals surface area (Å²) in [6.45, 7) is 6.99. The molecule has 1 aromatic rings. The molecule has 0 aliphatic heterocycles. The molecule has 4 nitrogen and oxygen atoms in total. The molecule has 1 unspecified atom stereocenters. The molecule has 0 saturated heterocycles. The Morgan fingerprint density at radius 3 is 2.57 bits per heavy atom. The molecule has 2 N–H and O–H groups in total. The van der Waals surface area contributed by atoms with Crippen LogP contribution in [0, 0.1) is 0 Å². The quantitative estimate of drug-likeness (QED) is 0.778. The Balaban J connectivity index is 2.89. The van der Waals surface area contributed by atoms with Crippen LogP contribution >= 0.6 is 0 Å². The average molecular weight is 194 g/mol. The standard InChI is InChI=1S/C10H18N4/c1-8(2)14(9(3)6-11)10-4-5-12-7-13-10/h4-5,7-9H,6,11H2,1-3H3. The Labute approximate surface area is 85.2 Å². The molecule has 0 saturated carbocycles. The van der Waals surface area contributed by atoms with Crippen LogP contribution in [0.15, 0.2) is 18.6 Å². The highest BCUT2D eigenvalue weighted by atomic mass is 15.2. The highest BCUT2D eigenvalue weighted by molar-refractivity contribution is 5.38. The summed E-state index contributed by atoms with van der Waals surface area (Å²) < 4.78 is 0. The molecule has 0 radical (unpaired) electrons. The molecule has 4 heteroatoms. The van der Waals surface area contributed by atoms with E-state index in [1.54, 1.807) is 12.5 Å². The van der Waals surface area contributed by atoms with E-state index in [9.17, 15) is 0 Å². The lowest BCUT2D eigenvalue weighted by Gasteiger charge is -2.33. The van der Waals surface area contributed by atoms with Crippen LogP contribution in [0.25, 0.3) is 0 Å². The number of nitrogens with two attached hydrogens (primary N) is 1. The van der Waals surface area contributed by atoms with Crippen molar-refractivity contribution >= 4 is 5.82 Å². The number of anilines is 1. The minimum Gasteiger partial charge on any atom is -0.350 e. The third kappa shape index (κ3) is 2.42. The van der Waals surface area contributed by atoms with E-state index in [1.807, 2.05) is 6.07 Å². The van der Waals surface area contributed by atoms with Crippen LogP contribution in [0.4, 0.5) is 5.82 Å². The Bertz CT molecular complexity index is 260. The van der Waals surface area contributed by atoms with Crippen molar-refractivity contribution in [1.82, 2.24) is 9.97 Å². The summed E-state index contributed by atoms with van der Waals surface area (Å²) in [5, 5.41) is 0. The molecule has 78 valence electrons. The van der Waals surface area contributed by atoms with Crippen molar-refractivity contribution in [3.63, 3.8) is 0 Å². The van der Waals surface area contributed by atoms with Gasteiger partial charge in [-0.3, -0.25) is 0 Å². The van der Waals surface area contributed by atoms with Gasteiger partial charge in [0.05, 0.1) is 0 Å². The van der Waals surface area contributed by atoms with Gasteiger partial charge in [-0.1, -0.05) is 0 Å². The number of nitrogens with zero attached hydrogens (tertiary/aromatic N) is 3. The van der Waals surface area contributed by atoms with E-state index in [2.05, 4.69) is 35.6 Å². The topological polar surface area (TPSA) is 55.0 Å². The van der Waals surface area contributed by atoms with Crippen molar-refractivity contribution in [2.24, 2.45) is 5.73 Å². The minimum atomic E-state index is 0.296. The first kappa shape index (κ1) is 10.9. The van der Waals surface area contributed by atoms with E-state index in [0.717, 1.165) is 5.82 Å². The Morgan fingerprint density at radius 2 is 2.14 bits per heavy atom. The van der Waals surface area contributed by atoms with Gasteiger partial charge in [-0.05, 0) is 26.8 Å². The van der Waals surface area contributed by atoms with Crippen LogP contribution < -0.4 is 10.6 Å². The van der Waals surface area contributed by atoms with Crippen LogP contribution in [-0.2, 0) is 0 Å². The fourth-order valence-electron chi connectivity index (χ4n) is 1.55. The van der Waals surface area contributed by atoms with E-state index in [0.29, 0.717) is 18.6 Å². The second kappa shape index (κ2) is 4.91. The second-order valence-electron chi connectivity index (χ2n) is 3.65. The van der Waals surface area contributed by atoms with Crippen molar-refractivity contribution < 1.29 is 0 Å². The summed E-state index contributed by atoms with van der Waals surface area (Å²) in [6.07, 6.45) is 3.31. The number of hydrogen-bond acceptors (Lipinski definition) is 4. The summed E-state index contributed by atoms with van der Waals surface area (Å²) in [6, 6.07) is 2.60. The molecule has 1 rings (SSSR count). The average Bonchev–Trinajstić information content (AvgIpc) is 2.19. The lowest BCUT2D eigenvalue weighted by molar-refractivity contribution is 0.573. The van der Waals surface area contributed by atoms with E-state index in [-0.39, 0.29) is 0 Å². The number of hydrogen-bond donors (Lipinski definition) is 1. The molecular weight excluding hydrogens is 176 g/mol. The zero-order valence-corrected chi connectivity index (χ0v) is 9.01. The van der Waals surface area contributed by atoms with Crippen molar-refractivity contribution in [3.05, 3.63) is 18.6 Å². The molecule has 0 spiro atoms. The van der Waals surface area contributed by atoms with E-state index >= 15 is 0 Å². The van der Waals surface area contributed by atoms with E-state index in [4.69, 9.17) is 5.73 Å². The normalized spacial score (nSPS) is 12.9. The zero-order chi connectivity index (χ0) is 10.6. The summed E-state index contributed by atoms with van der Waals surface area (Å²) in [7, 11) is 0. The smallest absolute Gasteiger partial charge is 0.132 e. The highest BCUT2D eigenvalue weighted by Gasteiger charge is 2.16. The summed E-state index contributed by atoms with van der Waals surface area (Å²) in [5.41, 5.74) is 5.66. The molecule has 14 heavy (non-hydrogen) atoms. The van der Waals surface area contributed by atoms with Gasteiger partial charge in [0.2, 0.25) is 0 Å². The molecule has 0 aliphatic carbocycles. The zero-order valence-electron chi connectivity index (χ0n) is 9.01. The monoisotopic (exact) mass is 194 g/mol. The third-order valence-electron chi connectivity index (χ3n) is 2.20. The summed E-state index contributed by atoms with van der Waals surface area (Å²) >= 11 is 0. The van der Waals surface area contributed by atoms with Gasteiger partial charge in [-0.25, -0.2) is 9.97 Å². The van der Waals surface area contributed by atoms with Crippen molar-refractivity contribution in [1.29, 1.82) is 0 Å². The largest absolute Gasteiger partial charge is 0.350 e. The molecular formula is C10H18N4. The first-order chi connectivity index (χ1) is 6.66. The molecule has 0 aliphatic rings. The SMILES string of the molecule is CC(C)N(c1ccncn1)C(C)CN. The van der Waals surface area contributed by atoms with Crippen molar-refractivity contribution in [2.45, 2.75) is 32.9 Å². The van der Waals surface area contributed by atoms with E-state index in [1.165, 1.54) is 0 Å². The van der Waals surface area contributed by atoms with Crippen LogP contribution in [0.1, 0.15) is 20.8 Å². The van der Waals surface area contributed by atoms with Gasteiger partial charge < -0.3 is 10.6 Å². The van der Waals surface area contributed by atoms with Gasteiger partial charge in [0, 0.05) is 24.8 Å². The molecule has 0 amide bonds. The Hall–Kier alpha value is -1.16. The molecule has 1 heterocycles. The number of aromatic nitrogens is 2. The van der Waals surface area contributed by atoms with Crippen LogP contribution in [0.2, 0.25) is 0 Å². The lowest BCUT2D eigenvalue weighted by atomic mass is 10.2. The predicted octanol–water partition coefficient (Wildman–Crippen LogP) is 1.04. The molecule has 1 atom stereocenters. The minimum absolute atomic E-state index is 0.296. The Kier molecular flexibility index (Phi) is 3.83. The first-order valence-corrected chi connectivity index (χ1v) is 4.91. The maximum Gasteiger partial charge on any atom is 0.132 e. The van der Waals surface area contributed by atoms with Gasteiger partial charge in [0.25, 0.3) is 0 Å². The predicted molar refractivity (Wildman–Crippen MR) is 58.2 cm³/mol. The fourth-order valence-corrected chi connectivity index (χ4v) is 1.55. The van der Waals surface area contributed by atoms with Gasteiger partial charge in [-0.2, -0.15) is 0 Å². The van der Waals surface area contributed by atoms with Crippen LogP contribution in [0.3, 0.4) is 0 Å². The molecule has 0 bridgehead atoms.